The fourth-order valence-electron chi connectivity index (χ4n) is 1.82. The molecule has 1 unspecified atom stereocenters. The van der Waals surface area contributed by atoms with Crippen LogP contribution in [0.5, 0.6) is 0 Å². The Morgan fingerprint density at radius 1 is 1.38 bits per heavy atom. The van der Waals surface area contributed by atoms with Crippen LogP contribution in [0.3, 0.4) is 0 Å². The molecule has 0 saturated carbocycles. The molecule has 1 atom stereocenters. The standard InChI is InChI=1S/C10H22N2O/c1-10-9-11-5-7-12(10)6-3-2-4-8-13/h10-11,13H,2-9H2,1H3. The molecule has 0 bridgehead atoms. The van der Waals surface area contributed by atoms with Crippen molar-refractivity contribution < 1.29 is 5.11 Å². The molecule has 0 aromatic carbocycles. The molecular formula is C10H22N2O. The molecule has 3 heteroatoms. The van der Waals surface area contributed by atoms with Gasteiger partial charge in [0.15, 0.2) is 0 Å². The average molecular weight is 186 g/mol. The molecule has 3 nitrogen and oxygen atoms in total. The zero-order chi connectivity index (χ0) is 9.52. The Labute approximate surface area is 81.1 Å². The second-order valence-corrected chi connectivity index (χ2v) is 3.87. The number of nitrogens with zero attached hydrogens (tertiary/aromatic N) is 1. The van der Waals surface area contributed by atoms with Crippen molar-refractivity contribution in [1.29, 1.82) is 0 Å². The Balaban J connectivity index is 2.05. The summed E-state index contributed by atoms with van der Waals surface area (Å²) in [6.45, 7) is 7.25. The number of unbranched alkanes of at least 4 members (excludes halogenated alkanes) is 2. The van der Waals surface area contributed by atoms with Gasteiger partial charge in [-0.25, -0.2) is 0 Å². The highest BCUT2D eigenvalue weighted by atomic mass is 16.2. The number of nitrogens with one attached hydrogen (secondary N) is 1. The summed E-state index contributed by atoms with van der Waals surface area (Å²) in [7, 11) is 0. The van der Waals surface area contributed by atoms with E-state index in [0.717, 1.165) is 25.9 Å². The Kier molecular flexibility index (Phi) is 5.35. The smallest absolute Gasteiger partial charge is 0.0431 e. The highest BCUT2D eigenvalue weighted by Gasteiger charge is 2.16. The molecule has 1 aliphatic rings. The quantitative estimate of drug-likeness (QED) is 0.612. The van der Waals surface area contributed by atoms with Gasteiger partial charge in [-0.05, 0) is 32.7 Å². The van der Waals surface area contributed by atoms with Gasteiger partial charge < -0.3 is 10.4 Å². The zero-order valence-electron chi connectivity index (χ0n) is 8.63. The van der Waals surface area contributed by atoms with Crippen LogP contribution in [0.1, 0.15) is 26.2 Å². The van der Waals surface area contributed by atoms with Crippen molar-refractivity contribution in [2.45, 2.75) is 32.2 Å². The molecule has 0 radical (unpaired) electrons. The molecule has 0 spiro atoms. The van der Waals surface area contributed by atoms with Crippen LogP contribution in [-0.4, -0.2) is 48.8 Å². The highest BCUT2D eigenvalue weighted by Crippen LogP contribution is 2.05. The SMILES string of the molecule is CC1CNCCN1CCCCCO. The van der Waals surface area contributed by atoms with Crippen molar-refractivity contribution in [2.75, 3.05) is 32.8 Å². The maximum absolute atomic E-state index is 8.63. The molecule has 78 valence electrons. The molecule has 1 rings (SSSR count). The van der Waals surface area contributed by atoms with Gasteiger partial charge in [0.1, 0.15) is 0 Å². The summed E-state index contributed by atoms with van der Waals surface area (Å²) in [4.78, 5) is 2.54. The minimum atomic E-state index is 0.344. The summed E-state index contributed by atoms with van der Waals surface area (Å²) in [5, 5.41) is 12.0. The molecule has 1 aliphatic heterocycles. The Morgan fingerprint density at radius 3 is 2.92 bits per heavy atom. The summed E-state index contributed by atoms with van der Waals surface area (Å²) >= 11 is 0. The highest BCUT2D eigenvalue weighted by molar-refractivity contribution is 4.75. The van der Waals surface area contributed by atoms with Crippen molar-refractivity contribution in [2.24, 2.45) is 0 Å². The number of piperazine rings is 1. The van der Waals surface area contributed by atoms with Crippen LogP contribution in [0.15, 0.2) is 0 Å². The molecular weight excluding hydrogens is 164 g/mol. The van der Waals surface area contributed by atoms with Gasteiger partial charge in [-0.1, -0.05) is 0 Å². The molecule has 1 fully saturated rings. The summed E-state index contributed by atoms with van der Waals surface area (Å²) in [6, 6.07) is 0.683. The minimum absolute atomic E-state index is 0.344. The largest absolute Gasteiger partial charge is 0.396 e. The van der Waals surface area contributed by atoms with Crippen molar-refractivity contribution in [3.8, 4) is 0 Å². The van der Waals surface area contributed by atoms with Gasteiger partial charge in [0, 0.05) is 32.3 Å². The van der Waals surface area contributed by atoms with Crippen LogP contribution in [0.4, 0.5) is 0 Å². The second kappa shape index (κ2) is 6.35. The Bertz CT molecular complexity index is 130. The second-order valence-electron chi connectivity index (χ2n) is 3.87. The van der Waals surface area contributed by atoms with Crippen molar-refractivity contribution in [1.82, 2.24) is 10.2 Å². The number of hydrogen-bond donors (Lipinski definition) is 2. The number of hydrogen-bond acceptors (Lipinski definition) is 3. The third-order valence-electron chi connectivity index (χ3n) is 2.74. The zero-order valence-corrected chi connectivity index (χ0v) is 8.63. The fraction of sp³-hybridized carbons (Fsp3) is 1.00. The third kappa shape index (κ3) is 4.07. The van der Waals surface area contributed by atoms with Gasteiger partial charge in [0.05, 0.1) is 0 Å². The van der Waals surface area contributed by atoms with E-state index in [1.807, 2.05) is 0 Å². The van der Waals surface area contributed by atoms with Crippen LogP contribution >= 0.6 is 0 Å². The van der Waals surface area contributed by atoms with E-state index in [4.69, 9.17) is 5.11 Å². The van der Waals surface area contributed by atoms with E-state index in [1.165, 1.54) is 19.5 Å². The van der Waals surface area contributed by atoms with E-state index >= 15 is 0 Å². The Hall–Kier alpha value is -0.120. The molecule has 0 aromatic rings. The Morgan fingerprint density at radius 2 is 2.23 bits per heavy atom. The molecule has 2 N–H and O–H groups in total. The van der Waals surface area contributed by atoms with Crippen LogP contribution < -0.4 is 5.32 Å². The predicted octanol–water partition coefficient (Wildman–Crippen LogP) is 0.443. The van der Waals surface area contributed by atoms with Gasteiger partial charge in [-0.3, -0.25) is 4.90 Å². The first kappa shape index (κ1) is 11.0. The normalized spacial score (nSPS) is 24.9. The van der Waals surface area contributed by atoms with Gasteiger partial charge in [-0.15, -0.1) is 0 Å². The lowest BCUT2D eigenvalue weighted by atomic mass is 10.2. The topological polar surface area (TPSA) is 35.5 Å². The van der Waals surface area contributed by atoms with Gasteiger partial charge in [-0.2, -0.15) is 0 Å². The van der Waals surface area contributed by atoms with Crippen LogP contribution in [0.2, 0.25) is 0 Å². The van der Waals surface area contributed by atoms with E-state index in [-0.39, 0.29) is 0 Å². The summed E-state index contributed by atoms with van der Waals surface area (Å²) in [5.74, 6) is 0. The molecule has 1 heterocycles. The first-order valence-electron chi connectivity index (χ1n) is 5.40. The summed E-state index contributed by atoms with van der Waals surface area (Å²) in [6.07, 6.45) is 3.35. The molecule has 0 aliphatic carbocycles. The van der Waals surface area contributed by atoms with Gasteiger partial charge in [0.2, 0.25) is 0 Å². The average Bonchev–Trinajstić information content (AvgIpc) is 2.15. The minimum Gasteiger partial charge on any atom is -0.396 e. The number of aliphatic hydroxyl groups is 1. The van der Waals surface area contributed by atoms with Gasteiger partial charge >= 0.3 is 0 Å². The van der Waals surface area contributed by atoms with E-state index in [1.54, 1.807) is 0 Å². The maximum atomic E-state index is 8.63. The predicted molar refractivity (Wildman–Crippen MR) is 54.8 cm³/mol. The lowest BCUT2D eigenvalue weighted by Gasteiger charge is -2.33. The summed E-state index contributed by atoms with van der Waals surface area (Å²) in [5.41, 5.74) is 0. The molecule has 1 saturated heterocycles. The van der Waals surface area contributed by atoms with Crippen molar-refractivity contribution in [3.63, 3.8) is 0 Å². The molecule has 0 aromatic heterocycles. The monoisotopic (exact) mass is 186 g/mol. The van der Waals surface area contributed by atoms with Crippen LogP contribution in [0, 0.1) is 0 Å². The van der Waals surface area contributed by atoms with E-state index < -0.39 is 0 Å². The number of rotatable bonds is 5. The molecule has 0 amide bonds. The first-order valence-corrected chi connectivity index (χ1v) is 5.40. The van der Waals surface area contributed by atoms with Crippen molar-refractivity contribution in [3.05, 3.63) is 0 Å². The van der Waals surface area contributed by atoms with Crippen LogP contribution in [-0.2, 0) is 0 Å². The lowest BCUT2D eigenvalue weighted by Crippen LogP contribution is -2.49. The van der Waals surface area contributed by atoms with Crippen molar-refractivity contribution >= 4 is 0 Å². The van der Waals surface area contributed by atoms with Crippen LogP contribution in [0.25, 0.3) is 0 Å². The van der Waals surface area contributed by atoms with E-state index in [2.05, 4.69) is 17.1 Å². The first-order chi connectivity index (χ1) is 6.34. The number of aliphatic hydroxyl groups excluding tert-OH is 1. The maximum Gasteiger partial charge on any atom is 0.0431 e. The third-order valence-corrected chi connectivity index (χ3v) is 2.74. The van der Waals surface area contributed by atoms with E-state index in [0.29, 0.717) is 12.6 Å². The van der Waals surface area contributed by atoms with E-state index in [9.17, 15) is 0 Å². The van der Waals surface area contributed by atoms with Gasteiger partial charge in [0.25, 0.3) is 0 Å². The summed E-state index contributed by atoms with van der Waals surface area (Å²) < 4.78 is 0. The lowest BCUT2D eigenvalue weighted by molar-refractivity contribution is 0.168. The fourth-order valence-corrected chi connectivity index (χ4v) is 1.82. The molecule has 13 heavy (non-hydrogen) atoms.